The molecule has 2 nitrogen and oxygen atoms in total. The van der Waals surface area contributed by atoms with E-state index in [1.54, 1.807) is 18.0 Å². The predicted octanol–water partition coefficient (Wildman–Crippen LogP) is 3.89. The van der Waals surface area contributed by atoms with Crippen molar-refractivity contribution in [1.82, 2.24) is 0 Å². The fourth-order valence-corrected chi connectivity index (χ4v) is 2.22. The normalized spacial score (nSPS) is 12.6. The van der Waals surface area contributed by atoms with Crippen molar-refractivity contribution in [3.8, 4) is 0 Å². The fraction of sp³-hybridized carbons (Fsp3) is 0.538. The molecule has 0 fully saturated rings. The van der Waals surface area contributed by atoms with E-state index in [4.69, 9.17) is 5.73 Å². The van der Waals surface area contributed by atoms with Gasteiger partial charge in [0.1, 0.15) is 0 Å². The van der Waals surface area contributed by atoms with E-state index in [9.17, 15) is 13.2 Å². The molecule has 6 heteroatoms. The lowest BCUT2D eigenvalue weighted by atomic mass is 9.93. The van der Waals surface area contributed by atoms with E-state index >= 15 is 0 Å². The molecule has 0 bridgehead atoms. The summed E-state index contributed by atoms with van der Waals surface area (Å²) in [6.07, 6.45) is -4.37. The lowest BCUT2D eigenvalue weighted by molar-refractivity contribution is -0.137. The lowest BCUT2D eigenvalue weighted by Gasteiger charge is -2.32. The Bertz CT molecular complexity index is 444. The molecule has 0 radical (unpaired) electrons. The second kappa shape index (κ2) is 5.71. The second-order valence-electron chi connectivity index (χ2n) is 5.38. The summed E-state index contributed by atoms with van der Waals surface area (Å²) in [4.78, 5) is 1.60. The van der Waals surface area contributed by atoms with E-state index < -0.39 is 11.7 Å². The van der Waals surface area contributed by atoms with Crippen molar-refractivity contribution in [3.05, 3.63) is 28.2 Å². The molecule has 0 atom stereocenters. The zero-order chi connectivity index (χ0) is 14.8. The second-order valence-corrected chi connectivity index (χ2v) is 6.30. The molecule has 0 aliphatic carbocycles. The maximum absolute atomic E-state index is 13.0. The number of benzene rings is 1. The molecule has 0 saturated carbocycles. The zero-order valence-electron chi connectivity index (χ0n) is 11.2. The van der Waals surface area contributed by atoms with Crippen molar-refractivity contribution in [2.24, 2.45) is 11.1 Å². The van der Waals surface area contributed by atoms with Gasteiger partial charge in [0.15, 0.2) is 0 Å². The molecule has 0 saturated heterocycles. The Morgan fingerprint density at radius 3 is 2.32 bits per heavy atom. The van der Waals surface area contributed by atoms with Gasteiger partial charge in [0.05, 0.1) is 5.56 Å². The number of anilines is 1. The molecule has 1 rings (SSSR count). The van der Waals surface area contributed by atoms with Gasteiger partial charge in [-0.25, -0.2) is 0 Å². The molecule has 0 aromatic heterocycles. The van der Waals surface area contributed by atoms with Crippen molar-refractivity contribution in [1.29, 1.82) is 0 Å². The predicted molar refractivity (Wildman–Crippen MR) is 75.2 cm³/mol. The van der Waals surface area contributed by atoms with Crippen LogP contribution in [0.1, 0.15) is 19.4 Å². The van der Waals surface area contributed by atoms with Gasteiger partial charge in [-0.3, -0.25) is 0 Å². The average Bonchev–Trinajstić information content (AvgIpc) is 2.27. The van der Waals surface area contributed by atoms with Gasteiger partial charge in [-0.15, -0.1) is 0 Å². The quantitative estimate of drug-likeness (QED) is 0.902. The smallest absolute Gasteiger partial charge is 0.374 e. The highest BCUT2D eigenvalue weighted by molar-refractivity contribution is 9.10. The van der Waals surface area contributed by atoms with Gasteiger partial charge in [0.2, 0.25) is 0 Å². The Hall–Kier alpha value is -0.750. The van der Waals surface area contributed by atoms with E-state index in [0.717, 1.165) is 6.07 Å². The largest absolute Gasteiger partial charge is 0.418 e. The summed E-state index contributed by atoms with van der Waals surface area (Å²) in [5.74, 6) is 0. The van der Waals surface area contributed by atoms with Gasteiger partial charge in [0.25, 0.3) is 0 Å². The highest BCUT2D eigenvalue weighted by atomic mass is 79.9. The highest BCUT2D eigenvalue weighted by Gasteiger charge is 2.35. The Labute approximate surface area is 119 Å². The molecule has 0 aliphatic heterocycles. The average molecular weight is 339 g/mol. The van der Waals surface area contributed by atoms with Crippen LogP contribution in [0, 0.1) is 5.41 Å². The third-order valence-corrected chi connectivity index (χ3v) is 3.39. The first-order valence-corrected chi connectivity index (χ1v) is 6.64. The molecule has 0 aliphatic rings. The first-order chi connectivity index (χ1) is 8.57. The Morgan fingerprint density at radius 1 is 1.26 bits per heavy atom. The summed E-state index contributed by atoms with van der Waals surface area (Å²) >= 11 is 3.07. The number of hydrogen-bond acceptors (Lipinski definition) is 2. The number of alkyl halides is 3. The summed E-state index contributed by atoms with van der Waals surface area (Å²) in [5, 5.41) is 0. The maximum Gasteiger partial charge on any atom is 0.418 e. The molecular formula is C13H18BrF3N2. The van der Waals surface area contributed by atoms with Gasteiger partial charge in [0, 0.05) is 23.8 Å². The summed E-state index contributed by atoms with van der Waals surface area (Å²) in [6.45, 7) is 4.72. The van der Waals surface area contributed by atoms with E-state index in [-0.39, 0.29) is 11.1 Å². The van der Waals surface area contributed by atoms with Crippen molar-refractivity contribution in [2.45, 2.75) is 20.0 Å². The molecule has 19 heavy (non-hydrogen) atoms. The zero-order valence-corrected chi connectivity index (χ0v) is 12.8. The third kappa shape index (κ3) is 4.38. The highest BCUT2D eigenvalue weighted by Crippen LogP contribution is 2.38. The molecule has 108 valence electrons. The minimum Gasteiger partial charge on any atom is -0.374 e. The van der Waals surface area contributed by atoms with Gasteiger partial charge in [-0.2, -0.15) is 13.2 Å². The van der Waals surface area contributed by atoms with Crippen molar-refractivity contribution in [2.75, 3.05) is 25.0 Å². The Morgan fingerprint density at radius 2 is 1.84 bits per heavy atom. The Balaban J connectivity index is 3.13. The summed E-state index contributed by atoms with van der Waals surface area (Å²) < 4.78 is 39.5. The van der Waals surface area contributed by atoms with Crippen LogP contribution < -0.4 is 10.6 Å². The molecule has 0 unspecified atom stereocenters. The molecule has 0 heterocycles. The minimum atomic E-state index is -4.37. The van der Waals surface area contributed by atoms with Gasteiger partial charge >= 0.3 is 6.18 Å². The van der Waals surface area contributed by atoms with Crippen LogP contribution in [-0.4, -0.2) is 20.1 Å². The summed E-state index contributed by atoms with van der Waals surface area (Å²) in [6, 6.07) is 4.18. The molecule has 0 amide bonds. The van der Waals surface area contributed by atoms with Crippen LogP contribution in [0.3, 0.4) is 0 Å². The number of nitrogens with zero attached hydrogens (tertiary/aromatic N) is 1. The van der Waals surface area contributed by atoms with Gasteiger partial charge in [-0.05, 0) is 30.2 Å². The topological polar surface area (TPSA) is 29.3 Å². The molecule has 1 aromatic rings. The van der Waals surface area contributed by atoms with Crippen LogP contribution in [0.5, 0.6) is 0 Å². The van der Waals surface area contributed by atoms with Crippen molar-refractivity contribution < 1.29 is 13.2 Å². The van der Waals surface area contributed by atoms with Gasteiger partial charge in [-0.1, -0.05) is 29.8 Å². The number of hydrogen-bond donors (Lipinski definition) is 1. The van der Waals surface area contributed by atoms with Crippen LogP contribution in [0.2, 0.25) is 0 Å². The maximum atomic E-state index is 13.0. The van der Waals surface area contributed by atoms with Crippen LogP contribution in [-0.2, 0) is 6.18 Å². The van der Waals surface area contributed by atoms with E-state index in [1.807, 2.05) is 13.8 Å². The number of nitrogens with two attached hydrogens (primary N) is 1. The third-order valence-electron chi connectivity index (χ3n) is 2.89. The SMILES string of the molecule is CN(CC(C)(C)CN)c1ccc(Br)cc1C(F)(F)F. The summed E-state index contributed by atoms with van der Waals surface area (Å²) in [7, 11) is 1.65. The lowest BCUT2D eigenvalue weighted by Crippen LogP contribution is -2.37. The molecule has 2 N–H and O–H groups in total. The summed E-state index contributed by atoms with van der Waals surface area (Å²) in [5.41, 5.74) is 4.90. The molecule has 1 aromatic carbocycles. The van der Waals surface area contributed by atoms with E-state index in [0.29, 0.717) is 17.6 Å². The van der Waals surface area contributed by atoms with Crippen LogP contribution >= 0.6 is 15.9 Å². The van der Waals surface area contributed by atoms with Crippen LogP contribution in [0.15, 0.2) is 22.7 Å². The standard InChI is InChI=1S/C13H18BrF3N2/c1-12(2,7-18)8-19(3)11-5-4-9(14)6-10(11)13(15,16)17/h4-6H,7-8,18H2,1-3H3. The minimum absolute atomic E-state index is 0.164. The number of halogens is 4. The first kappa shape index (κ1) is 16.3. The van der Waals surface area contributed by atoms with Crippen LogP contribution in [0.4, 0.5) is 18.9 Å². The van der Waals surface area contributed by atoms with Crippen molar-refractivity contribution in [3.63, 3.8) is 0 Å². The molecular weight excluding hydrogens is 321 g/mol. The monoisotopic (exact) mass is 338 g/mol. The van der Waals surface area contributed by atoms with E-state index in [1.165, 1.54) is 6.07 Å². The fourth-order valence-electron chi connectivity index (χ4n) is 1.86. The van der Waals surface area contributed by atoms with E-state index in [2.05, 4.69) is 15.9 Å². The first-order valence-electron chi connectivity index (χ1n) is 5.85. The van der Waals surface area contributed by atoms with Gasteiger partial charge < -0.3 is 10.6 Å². The number of rotatable bonds is 4. The van der Waals surface area contributed by atoms with Crippen LogP contribution in [0.25, 0.3) is 0 Å². The van der Waals surface area contributed by atoms with Crippen molar-refractivity contribution >= 4 is 21.6 Å². The Kier molecular flexibility index (Phi) is 4.90. The molecule has 0 spiro atoms.